The summed E-state index contributed by atoms with van der Waals surface area (Å²) in [5.74, 6) is -2.11. The Bertz CT molecular complexity index is 2560. The molecule has 0 aliphatic heterocycles. The van der Waals surface area contributed by atoms with Gasteiger partial charge in [0.05, 0.1) is 26.3 Å². The number of hydrogen-bond acceptors (Lipinski definition) is 11. The van der Waals surface area contributed by atoms with Crippen LogP contribution in [0.25, 0.3) is 11.1 Å². The van der Waals surface area contributed by atoms with Crippen molar-refractivity contribution in [2.45, 2.75) is 40.4 Å². The second kappa shape index (κ2) is 12.9. The van der Waals surface area contributed by atoms with Crippen molar-refractivity contribution in [3.8, 4) is 40.2 Å². The number of phenolic OH excluding ortho intramolecular Hbond substituents is 4. The van der Waals surface area contributed by atoms with Gasteiger partial charge in [-0.3, -0.25) is 13.7 Å². The van der Waals surface area contributed by atoms with Gasteiger partial charge in [-0.25, -0.2) is 0 Å². The van der Waals surface area contributed by atoms with Gasteiger partial charge in [-0.1, -0.05) is 12.1 Å². The topological polar surface area (TPSA) is 268 Å². The molecule has 52 heavy (non-hydrogen) atoms. The average Bonchev–Trinajstić information content (AvgIpc) is 3.05. The van der Waals surface area contributed by atoms with E-state index in [1.54, 1.807) is 24.3 Å². The zero-order valence-electron chi connectivity index (χ0n) is 26.5. The Kier molecular flexibility index (Phi) is 9.03. The number of fused-ring (bicyclic) bond motifs is 8. The predicted octanol–water partition coefficient (Wildman–Crippen LogP) is 4.46. The van der Waals surface area contributed by atoms with Gasteiger partial charge in [-0.2, -0.15) is 30.5 Å². The van der Waals surface area contributed by atoms with Crippen molar-refractivity contribution in [1.29, 1.82) is 5.26 Å². The van der Waals surface area contributed by atoms with Crippen molar-refractivity contribution in [1.82, 2.24) is 0 Å². The average molecular weight is 766 g/mol. The number of aromatic hydroxyl groups is 4. The third-order valence-corrected chi connectivity index (χ3v) is 11.3. The van der Waals surface area contributed by atoms with Gasteiger partial charge < -0.3 is 20.4 Å². The van der Waals surface area contributed by atoms with Gasteiger partial charge in [-0.15, -0.1) is 0 Å². The summed E-state index contributed by atoms with van der Waals surface area (Å²) in [5, 5.41) is 55.1. The molecule has 14 nitrogen and oxygen atoms in total. The van der Waals surface area contributed by atoms with Crippen LogP contribution in [0.15, 0.2) is 87.5 Å². The van der Waals surface area contributed by atoms with Crippen molar-refractivity contribution >= 4 is 30.4 Å². The Hall–Kier alpha value is -5.48. The minimum absolute atomic E-state index is 0.0850. The zero-order valence-corrected chi connectivity index (χ0v) is 29.0. The number of phenols is 4. The molecule has 5 aromatic carbocycles. The Labute approximate surface area is 297 Å². The van der Waals surface area contributed by atoms with Gasteiger partial charge in [0.2, 0.25) is 0 Å². The quantitative estimate of drug-likeness (QED) is 0.122. The van der Waals surface area contributed by atoms with E-state index in [9.17, 15) is 64.6 Å². The normalized spacial score (nSPS) is 13.3. The SMILES string of the molecule is N#Cc1ccc(-c2cc3c(O)c(c2)Cc2cc(S(=O)(=O)O)cc(c2O)Cc2cc(S(=O)(=O)O)cc(c2O)Cc2cc(S(=O)(=O)O)cc(c2O)C3)cc1. The van der Waals surface area contributed by atoms with E-state index in [1.807, 2.05) is 6.07 Å². The van der Waals surface area contributed by atoms with Gasteiger partial charge in [0.15, 0.2) is 0 Å². The molecule has 1 aliphatic rings. The second-order valence-electron chi connectivity index (χ2n) is 12.2. The summed E-state index contributed by atoms with van der Waals surface area (Å²) < 4.78 is 104. The molecule has 0 spiro atoms. The molecule has 0 unspecified atom stereocenters. The van der Waals surface area contributed by atoms with Crippen molar-refractivity contribution in [2.24, 2.45) is 0 Å². The highest BCUT2D eigenvalue weighted by molar-refractivity contribution is 7.86. The van der Waals surface area contributed by atoms with Crippen molar-refractivity contribution in [2.75, 3.05) is 0 Å². The summed E-state index contributed by atoms with van der Waals surface area (Å²) in [5.41, 5.74) is 0.231. The Balaban J connectivity index is 1.71. The zero-order chi connectivity index (χ0) is 37.9. The minimum atomic E-state index is -4.97. The summed E-state index contributed by atoms with van der Waals surface area (Å²) in [7, 11) is -14.8. The van der Waals surface area contributed by atoms with Crippen LogP contribution in [0.1, 0.15) is 50.1 Å². The van der Waals surface area contributed by atoms with Gasteiger partial charge in [-0.05, 0) is 82.9 Å². The Morgan fingerprint density at radius 2 is 0.673 bits per heavy atom. The molecule has 0 radical (unpaired) electrons. The lowest BCUT2D eigenvalue weighted by Gasteiger charge is -2.19. The molecule has 0 atom stereocenters. The molecule has 7 N–H and O–H groups in total. The van der Waals surface area contributed by atoms with Crippen molar-refractivity contribution in [3.05, 3.63) is 123 Å². The molecular formula is C35H27NO13S3. The van der Waals surface area contributed by atoms with Crippen LogP contribution in [-0.4, -0.2) is 59.3 Å². The van der Waals surface area contributed by atoms with Crippen LogP contribution in [0.4, 0.5) is 0 Å². The van der Waals surface area contributed by atoms with E-state index in [4.69, 9.17) is 0 Å². The second-order valence-corrected chi connectivity index (χ2v) is 16.5. The van der Waals surface area contributed by atoms with Crippen LogP contribution < -0.4 is 0 Å². The molecule has 1 aliphatic carbocycles. The molecule has 0 amide bonds. The maximum Gasteiger partial charge on any atom is 0.294 e. The molecule has 0 saturated carbocycles. The lowest BCUT2D eigenvalue weighted by molar-refractivity contribution is 0.449. The first-order chi connectivity index (χ1) is 24.2. The number of rotatable bonds is 4. The largest absolute Gasteiger partial charge is 0.507 e. The lowest BCUT2D eigenvalue weighted by Crippen LogP contribution is -2.07. The number of nitrogens with zero attached hydrogens (tertiary/aromatic N) is 1. The van der Waals surface area contributed by atoms with Crippen molar-refractivity contribution < 1.29 is 59.3 Å². The van der Waals surface area contributed by atoms with Gasteiger partial charge in [0.1, 0.15) is 23.0 Å². The molecular weight excluding hydrogens is 739 g/mol. The van der Waals surface area contributed by atoms with Crippen molar-refractivity contribution in [3.63, 3.8) is 0 Å². The molecule has 0 saturated heterocycles. The van der Waals surface area contributed by atoms with Gasteiger partial charge in [0, 0.05) is 59.1 Å². The van der Waals surface area contributed by atoms with E-state index >= 15 is 0 Å². The lowest BCUT2D eigenvalue weighted by atomic mass is 9.89. The van der Waals surface area contributed by atoms with E-state index < -0.39 is 93.7 Å². The van der Waals surface area contributed by atoms with E-state index in [0.717, 1.165) is 36.4 Å². The summed E-state index contributed by atoms with van der Waals surface area (Å²) in [4.78, 5) is -2.10. The van der Waals surface area contributed by atoms with Crippen LogP contribution in [0, 0.1) is 11.3 Å². The van der Waals surface area contributed by atoms with Crippen LogP contribution in [0.3, 0.4) is 0 Å². The highest BCUT2D eigenvalue weighted by atomic mass is 32.2. The maximum atomic E-state index is 12.4. The highest BCUT2D eigenvalue weighted by Gasteiger charge is 2.26. The molecule has 268 valence electrons. The fourth-order valence-corrected chi connectivity index (χ4v) is 7.94. The summed E-state index contributed by atoms with van der Waals surface area (Å²) in [6.07, 6.45) is -1.96. The highest BCUT2D eigenvalue weighted by Crippen LogP contribution is 2.41. The minimum Gasteiger partial charge on any atom is -0.507 e. The van der Waals surface area contributed by atoms with Crippen LogP contribution in [-0.2, 0) is 56.0 Å². The predicted molar refractivity (Wildman–Crippen MR) is 183 cm³/mol. The maximum absolute atomic E-state index is 12.4. The first kappa shape index (κ1) is 36.3. The standard InChI is InChI=1S/C35H27NO13S3/c36-17-18-1-3-19(4-2-18)20-5-21-7-23-11-29(50(41,42)43)13-25(33(23)38)9-27-15-31(52(47,48)49)16-28(35(27)40)10-26-14-30(51(44,45)46)12-24(34(26)39)8-22(6-20)32(21)37/h1-6,11-16,37-40H,7-10H2,(H,41,42,43)(H,44,45,46)(H,47,48,49). The molecule has 0 fully saturated rings. The first-order valence-electron chi connectivity index (χ1n) is 15.0. The van der Waals surface area contributed by atoms with Gasteiger partial charge >= 0.3 is 0 Å². The Morgan fingerprint density at radius 1 is 0.423 bits per heavy atom. The van der Waals surface area contributed by atoms with E-state index in [1.165, 1.54) is 12.1 Å². The molecule has 6 rings (SSSR count). The van der Waals surface area contributed by atoms with Crippen LogP contribution in [0.2, 0.25) is 0 Å². The fraction of sp³-hybridized carbons (Fsp3) is 0.114. The van der Waals surface area contributed by atoms with Crippen LogP contribution >= 0.6 is 0 Å². The summed E-state index contributed by atoms with van der Waals surface area (Å²) in [6, 6.07) is 16.8. The number of hydrogen-bond donors (Lipinski definition) is 7. The summed E-state index contributed by atoms with van der Waals surface area (Å²) in [6.45, 7) is 0. The third kappa shape index (κ3) is 7.16. The fourth-order valence-electron chi connectivity index (χ4n) is 6.19. The van der Waals surface area contributed by atoms with E-state index in [-0.39, 0.29) is 44.5 Å². The van der Waals surface area contributed by atoms with E-state index in [2.05, 4.69) is 0 Å². The smallest absolute Gasteiger partial charge is 0.294 e. The molecule has 0 aromatic heterocycles. The molecule has 0 heterocycles. The molecule has 5 aromatic rings. The molecule has 17 heteroatoms. The first-order valence-corrected chi connectivity index (χ1v) is 19.4. The van der Waals surface area contributed by atoms with E-state index in [0.29, 0.717) is 16.7 Å². The number of benzene rings is 5. The molecule has 8 bridgehead atoms. The summed E-state index contributed by atoms with van der Waals surface area (Å²) >= 11 is 0. The van der Waals surface area contributed by atoms with Gasteiger partial charge in [0.25, 0.3) is 30.4 Å². The number of nitriles is 1. The van der Waals surface area contributed by atoms with Crippen LogP contribution in [0.5, 0.6) is 23.0 Å². The third-order valence-electron chi connectivity index (χ3n) is 8.76. The Morgan fingerprint density at radius 3 is 0.904 bits per heavy atom. The monoisotopic (exact) mass is 765 g/mol.